The second-order valence-electron chi connectivity index (χ2n) is 3.59. The van der Waals surface area contributed by atoms with Crippen LogP contribution in [0.15, 0.2) is 16.5 Å². The van der Waals surface area contributed by atoms with Gasteiger partial charge >= 0.3 is 0 Å². The monoisotopic (exact) mass is 211 g/mol. The van der Waals surface area contributed by atoms with Crippen molar-refractivity contribution in [2.45, 2.75) is 25.9 Å². The number of aryl methyl sites for hydroxylation is 1. The molecule has 0 radical (unpaired) electrons. The van der Waals surface area contributed by atoms with Crippen LogP contribution in [0.2, 0.25) is 0 Å². The summed E-state index contributed by atoms with van der Waals surface area (Å²) in [6, 6.07) is 3.14. The third kappa shape index (κ3) is 3.38. The van der Waals surface area contributed by atoms with Gasteiger partial charge in [0.1, 0.15) is 11.5 Å². The van der Waals surface area contributed by atoms with Crippen LogP contribution in [0.5, 0.6) is 0 Å². The van der Waals surface area contributed by atoms with Crippen LogP contribution < -0.4 is 16.8 Å². The van der Waals surface area contributed by atoms with Crippen molar-refractivity contribution in [2.24, 2.45) is 11.5 Å². The summed E-state index contributed by atoms with van der Waals surface area (Å²) < 4.78 is 5.42. The largest absolute Gasteiger partial charge is 0.465 e. The van der Waals surface area contributed by atoms with Crippen LogP contribution in [0.1, 0.15) is 24.5 Å². The zero-order valence-electron chi connectivity index (χ0n) is 8.99. The van der Waals surface area contributed by atoms with Crippen LogP contribution in [0, 0.1) is 6.92 Å². The van der Waals surface area contributed by atoms with E-state index < -0.39 is 11.9 Å². The molecule has 2 atom stereocenters. The number of furan rings is 1. The summed E-state index contributed by atoms with van der Waals surface area (Å²) in [5.74, 6) is 1.17. The Morgan fingerprint density at radius 2 is 2.27 bits per heavy atom. The lowest BCUT2D eigenvalue weighted by molar-refractivity contribution is -0.119. The van der Waals surface area contributed by atoms with Gasteiger partial charge in [0, 0.05) is 6.54 Å². The van der Waals surface area contributed by atoms with Gasteiger partial charge in [0.2, 0.25) is 5.91 Å². The molecule has 84 valence electrons. The van der Waals surface area contributed by atoms with Gasteiger partial charge in [-0.3, -0.25) is 4.79 Å². The molecule has 0 aliphatic rings. The highest BCUT2D eigenvalue weighted by Crippen LogP contribution is 2.14. The number of nitrogens with one attached hydrogen (secondary N) is 1. The van der Waals surface area contributed by atoms with E-state index in [0.29, 0.717) is 6.54 Å². The molecule has 5 N–H and O–H groups in total. The molecule has 0 aliphatic carbocycles. The van der Waals surface area contributed by atoms with Gasteiger partial charge in [-0.2, -0.15) is 0 Å². The predicted molar refractivity (Wildman–Crippen MR) is 57.0 cm³/mol. The van der Waals surface area contributed by atoms with Crippen molar-refractivity contribution < 1.29 is 9.21 Å². The summed E-state index contributed by atoms with van der Waals surface area (Å²) in [6.45, 7) is 4.16. The minimum absolute atomic E-state index is 0.0177. The number of amides is 1. The first-order valence-corrected chi connectivity index (χ1v) is 4.85. The van der Waals surface area contributed by atoms with Crippen LogP contribution in [-0.4, -0.2) is 18.5 Å². The van der Waals surface area contributed by atoms with Crippen molar-refractivity contribution >= 4 is 5.91 Å². The number of carbonyl (C=O) groups excluding carboxylic acids is 1. The number of hydrogen-bond acceptors (Lipinski definition) is 4. The van der Waals surface area contributed by atoms with Crippen LogP contribution >= 0.6 is 0 Å². The molecular formula is C10H17N3O2. The van der Waals surface area contributed by atoms with Gasteiger partial charge in [-0.25, -0.2) is 0 Å². The van der Waals surface area contributed by atoms with Gasteiger partial charge in [-0.15, -0.1) is 0 Å². The van der Waals surface area contributed by atoms with Gasteiger partial charge in [-0.1, -0.05) is 0 Å². The average Bonchev–Trinajstić information content (AvgIpc) is 2.60. The minimum Gasteiger partial charge on any atom is -0.465 e. The number of rotatable bonds is 5. The highest BCUT2D eigenvalue weighted by molar-refractivity contribution is 5.79. The highest BCUT2D eigenvalue weighted by Gasteiger charge is 2.13. The fourth-order valence-corrected chi connectivity index (χ4v) is 1.19. The summed E-state index contributed by atoms with van der Waals surface area (Å²) in [7, 11) is 0. The Morgan fingerprint density at radius 1 is 1.60 bits per heavy atom. The first-order valence-electron chi connectivity index (χ1n) is 4.85. The van der Waals surface area contributed by atoms with E-state index in [2.05, 4.69) is 5.32 Å². The standard InChI is InChI=1S/C10H17N3O2/c1-6-3-4-9(15-6)7(2)13-5-8(11)10(12)14/h3-4,7-8,13H,5,11H2,1-2H3,(H2,12,14). The van der Waals surface area contributed by atoms with E-state index in [1.807, 2.05) is 26.0 Å². The summed E-state index contributed by atoms with van der Waals surface area (Å²) in [5.41, 5.74) is 10.5. The summed E-state index contributed by atoms with van der Waals surface area (Å²) in [4.78, 5) is 10.7. The van der Waals surface area contributed by atoms with E-state index in [1.165, 1.54) is 0 Å². The number of primary amides is 1. The van der Waals surface area contributed by atoms with Crippen molar-refractivity contribution in [3.8, 4) is 0 Å². The van der Waals surface area contributed by atoms with Crippen molar-refractivity contribution in [1.82, 2.24) is 5.32 Å². The van der Waals surface area contributed by atoms with Crippen LogP contribution in [0.3, 0.4) is 0 Å². The fraction of sp³-hybridized carbons (Fsp3) is 0.500. The van der Waals surface area contributed by atoms with Crippen molar-refractivity contribution in [3.05, 3.63) is 23.7 Å². The van der Waals surface area contributed by atoms with Crippen molar-refractivity contribution in [2.75, 3.05) is 6.54 Å². The van der Waals surface area contributed by atoms with E-state index in [4.69, 9.17) is 15.9 Å². The van der Waals surface area contributed by atoms with Gasteiger partial charge in [0.25, 0.3) is 0 Å². The maximum absolute atomic E-state index is 10.7. The molecule has 1 amide bonds. The molecule has 0 saturated heterocycles. The molecule has 0 saturated carbocycles. The fourth-order valence-electron chi connectivity index (χ4n) is 1.19. The number of hydrogen-bond donors (Lipinski definition) is 3. The topological polar surface area (TPSA) is 94.3 Å². The first kappa shape index (κ1) is 11.7. The van der Waals surface area contributed by atoms with Gasteiger partial charge in [0.15, 0.2) is 0 Å². The molecule has 0 spiro atoms. The Bertz CT molecular complexity index is 335. The highest BCUT2D eigenvalue weighted by atomic mass is 16.3. The zero-order chi connectivity index (χ0) is 11.4. The quantitative estimate of drug-likeness (QED) is 0.641. The Labute approximate surface area is 88.8 Å². The third-order valence-electron chi connectivity index (χ3n) is 2.20. The van der Waals surface area contributed by atoms with Crippen molar-refractivity contribution in [1.29, 1.82) is 0 Å². The maximum Gasteiger partial charge on any atom is 0.235 e. The molecule has 1 rings (SSSR count). The summed E-state index contributed by atoms with van der Waals surface area (Å²) >= 11 is 0. The maximum atomic E-state index is 10.7. The lowest BCUT2D eigenvalue weighted by Gasteiger charge is -2.13. The smallest absolute Gasteiger partial charge is 0.235 e. The Hall–Kier alpha value is -1.33. The first-order chi connectivity index (χ1) is 7.00. The molecule has 1 aromatic heterocycles. The summed E-state index contributed by atoms with van der Waals surface area (Å²) in [6.07, 6.45) is 0. The molecule has 5 heteroatoms. The van der Waals surface area contributed by atoms with E-state index in [1.54, 1.807) is 0 Å². The molecule has 15 heavy (non-hydrogen) atoms. The Kier molecular flexibility index (Phi) is 3.88. The Morgan fingerprint density at radius 3 is 2.73 bits per heavy atom. The SMILES string of the molecule is Cc1ccc(C(C)NCC(N)C(N)=O)o1. The molecule has 0 aromatic carbocycles. The van der Waals surface area contributed by atoms with E-state index in [-0.39, 0.29) is 6.04 Å². The average molecular weight is 211 g/mol. The van der Waals surface area contributed by atoms with Crippen LogP contribution in [0.4, 0.5) is 0 Å². The van der Waals surface area contributed by atoms with Gasteiger partial charge < -0.3 is 21.2 Å². The molecule has 5 nitrogen and oxygen atoms in total. The van der Waals surface area contributed by atoms with Crippen LogP contribution in [0.25, 0.3) is 0 Å². The summed E-state index contributed by atoms with van der Waals surface area (Å²) in [5, 5.41) is 3.07. The third-order valence-corrected chi connectivity index (χ3v) is 2.20. The lowest BCUT2D eigenvalue weighted by Crippen LogP contribution is -2.44. The second kappa shape index (κ2) is 4.95. The normalized spacial score (nSPS) is 14.9. The molecule has 0 aliphatic heterocycles. The van der Waals surface area contributed by atoms with E-state index in [0.717, 1.165) is 11.5 Å². The Balaban J connectivity index is 2.43. The minimum atomic E-state index is -0.663. The molecule has 2 unspecified atom stereocenters. The van der Waals surface area contributed by atoms with Gasteiger partial charge in [0.05, 0.1) is 12.1 Å². The molecule has 1 aromatic rings. The van der Waals surface area contributed by atoms with Crippen molar-refractivity contribution in [3.63, 3.8) is 0 Å². The van der Waals surface area contributed by atoms with E-state index in [9.17, 15) is 4.79 Å². The van der Waals surface area contributed by atoms with Crippen LogP contribution in [-0.2, 0) is 4.79 Å². The zero-order valence-corrected chi connectivity index (χ0v) is 8.99. The molecule has 1 heterocycles. The second-order valence-corrected chi connectivity index (χ2v) is 3.59. The number of nitrogens with two attached hydrogens (primary N) is 2. The van der Waals surface area contributed by atoms with E-state index >= 15 is 0 Å². The number of carbonyl (C=O) groups is 1. The van der Waals surface area contributed by atoms with Gasteiger partial charge in [-0.05, 0) is 26.0 Å². The molecule has 0 fully saturated rings. The molecule has 0 bridgehead atoms. The lowest BCUT2D eigenvalue weighted by atomic mass is 10.2. The predicted octanol–water partition coefficient (Wildman–Crippen LogP) is 0.0512. The molecular weight excluding hydrogens is 194 g/mol.